The average molecular weight is 437 g/mol. The normalized spacial score (nSPS) is 33.5. The van der Waals surface area contributed by atoms with Gasteiger partial charge in [0.1, 0.15) is 18.9 Å². The molecule has 3 N–H and O–H groups in total. The monoisotopic (exact) mass is 436 g/mol. The van der Waals surface area contributed by atoms with Gasteiger partial charge in [0.05, 0.1) is 19.2 Å². The third kappa shape index (κ3) is 6.20. The third-order valence-corrected chi connectivity index (χ3v) is 8.04. The Bertz CT molecular complexity index is 604. The van der Waals surface area contributed by atoms with Crippen molar-refractivity contribution in [3.8, 4) is 0 Å². The Labute approximate surface area is 187 Å². The first-order valence-electron chi connectivity index (χ1n) is 12.8. The highest BCUT2D eigenvalue weighted by atomic mass is 16.5. The molecule has 5 unspecified atom stereocenters. The quantitative estimate of drug-likeness (QED) is 0.444. The summed E-state index contributed by atoms with van der Waals surface area (Å²) in [6, 6.07) is 0. The summed E-state index contributed by atoms with van der Waals surface area (Å²) in [6.45, 7) is 6.96. The Morgan fingerprint density at radius 2 is 2.06 bits per heavy atom. The molecule has 176 valence electrons. The number of carbonyl (C=O) groups is 2. The van der Waals surface area contributed by atoms with Gasteiger partial charge in [-0.05, 0) is 43.9 Å². The highest BCUT2D eigenvalue weighted by molar-refractivity contribution is 5.80. The summed E-state index contributed by atoms with van der Waals surface area (Å²) in [5.41, 5.74) is 0. The van der Waals surface area contributed by atoms with E-state index in [-0.39, 0.29) is 24.1 Å². The maximum atomic E-state index is 12.5. The molecule has 0 radical (unpaired) electrons. The molecule has 0 aromatic carbocycles. The number of hydrogen-bond acceptors (Lipinski definition) is 5. The SMILES string of the molecule is CC(OC1CCC2C(C1)OC(=O)CC2C1CCCCC1)C(=O)NCCCN1CC[NH2+]C1. The molecule has 0 aromatic heterocycles. The van der Waals surface area contributed by atoms with E-state index in [4.69, 9.17) is 9.47 Å². The number of carbonyl (C=O) groups excluding carboxylic acids is 2. The van der Waals surface area contributed by atoms with Crippen molar-refractivity contribution in [2.24, 2.45) is 17.8 Å². The van der Waals surface area contributed by atoms with Crippen molar-refractivity contribution in [3.05, 3.63) is 0 Å². The zero-order valence-corrected chi connectivity index (χ0v) is 19.2. The maximum absolute atomic E-state index is 12.5. The number of fused-ring (bicyclic) bond motifs is 1. The van der Waals surface area contributed by atoms with Gasteiger partial charge >= 0.3 is 5.97 Å². The lowest BCUT2D eigenvalue weighted by atomic mass is 9.66. The van der Waals surface area contributed by atoms with Crippen LogP contribution in [0.25, 0.3) is 0 Å². The van der Waals surface area contributed by atoms with Gasteiger partial charge in [0.25, 0.3) is 0 Å². The topological polar surface area (TPSA) is 84.5 Å². The van der Waals surface area contributed by atoms with Crippen LogP contribution >= 0.6 is 0 Å². The van der Waals surface area contributed by atoms with Crippen molar-refractivity contribution >= 4 is 11.9 Å². The Morgan fingerprint density at radius 1 is 1.23 bits per heavy atom. The van der Waals surface area contributed by atoms with Gasteiger partial charge < -0.3 is 20.1 Å². The van der Waals surface area contributed by atoms with Gasteiger partial charge in [-0.1, -0.05) is 32.1 Å². The molecule has 7 nitrogen and oxygen atoms in total. The van der Waals surface area contributed by atoms with Crippen LogP contribution in [0.1, 0.15) is 71.1 Å². The van der Waals surface area contributed by atoms with Crippen LogP contribution in [0.5, 0.6) is 0 Å². The van der Waals surface area contributed by atoms with Crippen molar-refractivity contribution in [1.82, 2.24) is 10.2 Å². The summed E-state index contributed by atoms with van der Waals surface area (Å²) in [5.74, 6) is 1.60. The summed E-state index contributed by atoms with van der Waals surface area (Å²) in [6.07, 6.45) is 10.3. The van der Waals surface area contributed by atoms with E-state index >= 15 is 0 Å². The largest absolute Gasteiger partial charge is 0.462 e. The molecule has 2 saturated heterocycles. The smallest absolute Gasteiger partial charge is 0.306 e. The summed E-state index contributed by atoms with van der Waals surface area (Å²) >= 11 is 0. The fraction of sp³-hybridized carbons (Fsp3) is 0.917. The number of nitrogens with two attached hydrogens (primary N) is 1. The predicted octanol–water partition coefficient (Wildman–Crippen LogP) is 1.42. The number of amides is 1. The third-order valence-electron chi connectivity index (χ3n) is 8.04. The van der Waals surface area contributed by atoms with Crippen molar-refractivity contribution < 1.29 is 24.4 Å². The van der Waals surface area contributed by atoms with Crippen LogP contribution in [-0.2, 0) is 19.1 Å². The molecule has 0 spiro atoms. The highest BCUT2D eigenvalue weighted by Crippen LogP contribution is 2.45. The van der Waals surface area contributed by atoms with Crippen LogP contribution in [0, 0.1) is 17.8 Å². The molecule has 1 amide bonds. The number of esters is 1. The van der Waals surface area contributed by atoms with Crippen molar-refractivity contribution in [2.45, 2.75) is 89.4 Å². The van der Waals surface area contributed by atoms with Gasteiger partial charge in [0.15, 0.2) is 0 Å². The van der Waals surface area contributed by atoms with E-state index in [1.165, 1.54) is 38.6 Å². The van der Waals surface area contributed by atoms with Crippen LogP contribution in [0.2, 0.25) is 0 Å². The fourth-order valence-corrected chi connectivity index (χ4v) is 6.35. The number of rotatable bonds is 8. The van der Waals surface area contributed by atoms with Crippen molar-refractivity contribution in [2.75, 3.05) is 32.8 Å². The van der Waals surface area contributed by atoms with E-state index in [0.717, 1.165) is 45.4 Å². The Balaban J connectivity index is 1.20. The zero-order valence-electron chi connectivity index (χ0n) is 19.2. The van der Waals surface area contributed by atoms with Crippen molar-refractivity contribution in [3.63, 3.8) is 0 Å². The summed E-state index contributed by atoms with van der Waals surface area (Å²) in [7, 11) is 0. The number of nitrogens with one attached hydrogen (secondary N) is 1. The fourth-order valence-electron chi connectivity index (χ4n) is 6.35. The maximum Gasteiger partial charge on any atom is 0.306 e. The minimum absolute atomic E-state index is 0.0000398. The molecule has 0 aromatic rings. The summed E-state index contributed by atoms with van der Waals surface area (Å²) in [5, 5.41) is 5.33. The molecule has 31 heavy (non-hydrogen) atoms. The van der Waals surface area contributed by atoms with Gasteiger partial charge in [0, 0.05) is 25.9 Å². The van der Waals surface area contributed by atoms with E-state index in [2.05, 4.69) is 15.5 Å². The highest BCUT2D eigenvalue weighted by Gasteiger charge is 2.45. The molecule has 4 rings (SSSR count). The molecule has 2 heterocycles. The second-order valence-electron chi connectivity index (χ2n) is 10.2. The van der Waals surface area contributed by atoms with E-state index in [0.29, 0.717) is 30.7 Å². The van der Waals surface area contributed by atoms with Gasteiger partial charge in [-0.15, -0.1) is 0 Å². The summed E-state index contributed by atoms with van der Waals surface area (Å²) < 4.78 is 11.9. The van der Waals surface area contributed by atoms with Crippen molar-refractivity contribution in [1.29, 1.82) is 0 Å². The minimum atomic E-state index is -0.463. The van der Waals surface area contributed by atoms with E-state index in [1.807, 2.05) is 6.92 Å². The van der Waals surface area contributed by atoms with Gasteiger partial charge in [-0.25, -0.2) is 0 Å². The average Bonchev–Trinajstić information content (AvgIpc) is 3.30. The first-order valence-corrected chi connectivity index (χ1v) is 12.8. The van der Waals surface area contributed by atoms with Gasteiger partial charge in [-0.2, -0.15) is 0 Å². The molecule has 2 aliphatic heterocycles. The van der Waals surface area contributed by atoms with E-state index < -0.39 is 6.10 Å². The standard InChI is InChI=1S/C24H41N3O4/c1-17(24(29)26-10-5-12-27-13-11-25-16-27)30-19-8-9-20-21(18-6-3-2-4-7-18)15-23(28)31-22(20)14-19/h17-22,25H,2-16H2,1H3,(H,26,29)/p+1. The van der Waals surface area contributed by atoms with Gasteiger partial charge in [0.2, 0.25) is 5.91 Å². The minimum Gasteiger partial charge on any atom is -0.462 e. The second kappa shape index (κ2) is 11.1. The lowest BCUT2D eigenvalue weighted by molar-refractivity contribution is -0.642. The van der Waals surface area contributed by atoms with Crippen LogP contribution in [0.3, 0.4) is 0 Å². The molecule has 0 bridgehead atoms. The lowest BCUT2D eigenvalue weighted by Crippen LogP contribution is -2.82. The number of ether oxygens (including phenoxy) is 2. The second-order valence-corrected chi connectivity index (χ2v) is 10.2. The number of hydrogen-bond donors (Lipinski definition) is 2. The molecule has 5 atom stereocenters. The molecular weight excluding hydrogens is 394 g/mol. The lowest BCUT2D eigenvalue weighted by Gasteiger charge is -2.46. The molecule has 7 heteroatoms. The molecule has 4 fully saturated rings. The first kappa shape index (κ1) is 23.0. The predicted molar refractivity (Wildman–Crippen MR) is 117 cm³/mol. The van der Waals surface area contributed by atoms with Crippen LogP contribution < -0.4 is 10.6 Å². The molecule has 2 saturated carbocycles. The Hall–Kier alpha value is -1.18. The van der Waals surface area contributed by atoms with E-state index in [1.54, 1.807) is 0 Å². The molecular formula is C24H42N3O4+. The first-order chi connectivity index (χ1) is 15.1. The number of nitrogens with zero attached hydrogens (tertiary/aromatic N) is 1. The van der Waals surface area contributed by atoms with Crippen LogP contribution in [0.4, 0.5) is 0 Å². The molecule has 4 aliphatic rings. The number of quaternary nitrogens is 1. The summed E-state index contributed by atoms with van der Waals surface area (Å²) in [4.78, 5) is 27.2. The van der Waals surface area contributed by atoms with Crippen LogP contribution in [-0.4, -0.2) is 67.9 Å². The zero-order chi connectivity index (χ0) is 21.6. The molecule has 2 aliphatic carbocycles. The van der Waals surface area contributed by atoms with E-state index in [9.17, 15) is 9.59 Å². The van der Waals surface area contributed by atoms with Gasteiger partial charge in [-0.3, -0.25) is 14.5 Å². The Kier molecular flexibility index (Phi) is 8.24. The Morgan fingerprint density at radius 3 is 2.84 bits per heavy atom. The van der Waals surface area contributed by atoms with Crippen LogP contribution in [0.15, 0.2) is 0 Å².